The molecule has 1 aliphatic heterocycles. The fourth-order valence-corrected chi connectivity index (χ4v) is 3.24. The van der Waals surface area contributed by atoms with Gasteiger partial charge in [-0.25, -0.2) is 0 Å². The zero-order chi connectivity index (χ0) is 10.7. The normalized spacial score (nSPS) is 26.7. The number of amides is 1. The highest BCUT2D eigenvalue weighted by Gasteiger charge is 2.35. The lowest BCUT2D eigenvalue weighted by Crippen LogP contribution is -2.48. The highest BCUT2D eigenvalue weighted by Crippen LogP contribution is 2.43. The van der Waals surface area contributed by atoms with Gasteiger partial charge in [0.05, 0.1) is 6.04 Å². The summed E-state index contributed by atoms with van der Waals surface area (Å²) in [5.41, 5.74) is 0.432. The molecule has 1 atom stereocenters. The molecular formula is C11H21ClN2OS. The number of thioether (sulfide) groups is 1. The lowest BCUT2D eigenvalue weighted by atomic mass is 9.67. The highest BCUT2D eigenvalue weighted by atomic mass is 35.5. The third kappa shape index (κ3) is 3.05. The Hall–Kier alpha value is 0.0700. The minimum atomic E-state index is 0. The number of hydrogen-bond donors (Lipinski definition) is 2. The van der Waals surface area contributed by atoms with Crippen LogP contribution in [0.2, 0.25) is 0 Å². The summed E-state index contributed by atoms with van der Waals surface area (Å²) in [7, 11) is 0. The molecule has 1 saturated carbocycles. The molecule has 0 aromatic carbocycles. The van der Waals surface area contributed by atoms with Crippen LogP contribution in [0.3, 0.4) is 0 Å². The second-order valence-electron chi connectivity index (χ2n) is 4.70. The molecule has 1 amide bonds. The number of halogens is 1. The maximum Gasteiger partial charge on any atom is 0.238 e. The molecule has 5 heteroatoms. The van der Waals surface area contributed by atoms with Crippen molar-refractivity contribution in [3.8, 4) is 0 Å². The van der Waals surface area contributed by atoms with Crippen molar-refractivity contribution in [1.82, 2.24) is 10.6 Å². The Balaban J connectivity index is 0.00000128. The molecule has 3 nitrogen and oxygen atoms in total. The van der Waals surface area contributed by atoms with Crippen LogP contribution in [0.25, 0.3) is 0 Å². The molecule has 0 spiro atoms. The molecule has 2 fully saturated rings. The van der Waals surface area contributed by atoms with Crippen molar-refractivity contribution < 1.29 is 4.79 Å². The highest BCUT2D eigenvalue weighted by molar-refractivity contribution is 7.99. The molecule has 94 valence electrons. The van der Waals surface area contributed by atoms with E-state index in [4.69, 9.17) is 0 Å². The second kappa shape index (κ2) is 6.12. The summed E-state index contributed by atoms with van der Waals surface area (Å²) >= 11 is 1.80. The van der Waals surface area contributed by atoms with E-state index >= 15 is 0 Å². The minimum absolute atomic E-state index is 0. The van der Waals surface area contributed by atoms with Gasteiger partial charge in [0.2, 0.25) is 5.91 Å². The largest absolute Gasteiger partial charge is 0.354 e. The summed E-state index contributed by atoms with van der Waals surface area (Å²) in [6.45, 7) is 3.11. The molecular weight excluding hydrogens is 244 g/mol. The molecule has 2 aliphatic rings. The van der Waals surface area contributed by atoms with Gasteiger partial charge >= 0.3 is 0 Å². The van der Waals surface area contributed by atoms with Gasteiger partial charge in [-0.2, -0.15) is 0 Å². The molecule has 0 bridgehead atoms. The second-order valence-corrected chi connectivity index (χ2v) is 5.73. The molecule has 2 N–H and O–H groups in total. The Morgan fingerprint density at radius 2 is 2.31 bits per heavy atom. The van der Waals surface area contributed by atoms with E-state index in [1.165, 1.54) is 25.7 Å². The smallest absolute Gasteiger partial charge is 0.238 e. The van der Waals surface area contributed by atoms with Crippen molar-refractivity contribution in [1.29, 1.82) is 0 Å². The molecule has 1 unspecified atom stereocenters. The van der Waals surface area contributed by atoms with Gasteiger partial charge in [-0.1, -0.05) is 13.3 Å². The molecule has 0 aromatic heterocycles. The molecule has 0 radical (unpaired) electrons. The van der Waals surface area contributed by atoms with Crippen LogP contribution in [0.1, 0.15) is 32.6 Å². The topological polar surface area (TPSA) is 41.1 Å². The first-order chi connectivity index (χ1) is 7.26. The Kier molecular flexibility index (Phi) is 5.41. The van der Waals surface area contributed by atoms with Gasteiger partial charge < -0.3 is 5.32 Å². The van der Waals surface area contributed by atoms with Crippen molar-refractivity contribution in [2.45, 2.75) is 38.6 Å². The van der Waals surface area contributed by atoms with Crippen LogP contribution in [-0.4, -0.2) is 30.1 Å². The lowest BCUT2D eigenvalue weighted by molar-refractivity contribution is -0.123. The zero-order valence-corrected chi connectivity index (χ0v) is 11.4. The van der Waals surface area contributed by atoms with Crippen LogP contribution in [0, 0.1) is 5.41 Å². The summed E-state index contributed by atoms with van der Waals surface area (Å²) < 4.78 is 0. The summed E-state index contributed by atoms with van der Waals surface area (Å²) in [6, 6.07) is 0.0454. The van der Waals surface area contributed by atoms with Crippen molar-refractivity contribution in [3.05, 3.63) is 0 Å². The first-order valence-electron chi connectivity index (χ1n) is 5.85. The Morgan fingerprint density at radius 1 is 1.56 bits per heavy atom. The van der Waals surface area contributed by atoms with Gasteiger partial charge in [0, 0.05) is 18.2 Å². The average molecular weight is 265 g/mol. The van der Waals surface area contributed by atoms with E-state index in [1.807, 2.05) is 0 Å². The molecule has 1 saturated heterocycles. The zero-order valence-electron chi connectivity index (χ0n) is 9.75. The monoisotopic (exact) mass is 264 g/mol. The Bertz CT molecular complexity index is 235. The number of hydrogen-bond acceptors (Lipinski definition) is 3. The number of carbonyl (C=O) groups excluding carboxylic acids is 1. The van der Waals surface area contributed by atoms with Crippen LogP contribution in [0.4, 0.5) is 0 Å². The van der Waals surface area contributed by atoms with Gasteiger partial charge in [-0.3, -0.25) is 10.1 Å². The third-order valence-corrected chi connectivity index (χ3v) is 4.77. The maximum atomic E-state index is 11.8. The van der Waals surface area contributed by atoms with Crippen LogP contribution >= 0.6 is 24.2 Å². The SMILES string of the molecule is CCC1(CNC(=O)C2CSCN2)CCC1.Cl. The van der Waals surface area contributed by atoms with Gasteiger partial charge in [-0.05, 0) is 24.7 Å². The van der Waals surface area contributed by atoms with Gasteiger partial charge in [0.1, 0.15) is 0 Å². The average Bonchev–Trinajstić information content (AvgIpc) is 2.69. The number of nitrogens with one attached hydrogen (secondary N) is 2. The van der Waals surface area contributed by atoms with Crippen LogP contribution in [0.5, 0.6) is 0 Å². The van der Waals surface area contributed by atoms with E-state index in [0.29, 0.717) is 5.41 Å². The number of carbonyl (C=O) groups is 1. The van der Waals surface area contributed by atoms with E-state index < -0.39 is 0 Å². The van der Waals surface area contributed by atoms with Crippen molar-refractivity contribution in [2.75, 3.05) is 18.2 Å². The third-order valence-electron chi connectivity index (χ3n) is 3.83. The van der Waals surface area contributed by atoms with Crippen LogP contribution in [0.15, 0.2) is 0 Å². The van der Waals surface area contributed by atoms with E-state index in [2.05, 4.69) is 17.6 Å². The summed E-state index contributed by atoms with van der Waals surface area (Å²) in [5, 5.41) is 6.30. The first kappa shape index (κ1) is 14.1. The predicted molar refractivity (Wildman–Crippen MR) is 71.1 cm³/mol. The quantitative estimate of drug-likeness (QED) is 0.813. The lowest BCUT2D eigenvalue weighted by Gasteiger charge is -2.41. The molecule has 16 heavy (non-hydrogen) atoms. The van der Waals surface area contributed by atoms with E-state index in [-0.39, 0.29) is 24.4 Å². The maximum absolute atomic E-state index is 11.8. The Morgan fingerprint density at radius 3 is 2.75 bits per heavy atom. The summed E-state index contributed by atoms with van der Waals surface area (Å²) in [5.74, 6) is 2.03. The summed E-state index contributed by atoms with van der Waals surface area (Å²) in [4.78, 5) is 11.8. The standard InChI is InChI=1S/C11H20N2OS.ClH/c1-2-11(4-3-5-11)7-12-10(14)9-6-15-8-13-9;/h9,13H,2-8H2,1H3,(H,12,14);1H. The van der Waals surface area contributed by atoms with E-state index in [0.717, 1.165) is 18.2 Å². The van der Waals surface area contributed by atoms with Gasteiger partial charge in [0.25, 0.3) is 0 Å². The van der Waals surface area contributed by atoms with E-state index in [9.17, 15) is 4.79 Å². The van der Waals surface area contributed by atoms with Gasteiger partial charge in [0.15, 0.2) is 0 Å². The van der Waals surface area contributed by atoms with Crippen molar-refractivity contribution >= 4 is 30.1 Å². The van der Waals surface area contributed by atoms with Gasteiger partial charge in [-0.15, -0.1) is 24.2 Å². The number of rotatable bonds is 4. The first-order valence-corrected chi connectivity index (χ1v) is 7.00. The minimum Gasteiger partial charge on any atom is -0.354 e. The van der Waals surface area contributed by atoms with Crippen molar-refractivity contribution in [2.24, 2.45) is 5.41 Å². The van der Waals surface area contributed by atoms with E-state index in [1.54, 1.807) is 11.8 Å². The molecule has 2 rings (SSSR count). The summed E-state index contributed by atoms with van der Waals surface area (Å²) in [6.07, 6.45) is 5.11. The molecule has 0 aromatic rings. The molecule has 1 heterocycles. The fourth-order valence-electron chi connectivity index (χ4n) is 2.29. The van der Waals surface area contributed by atoms with Crippen LogP contribution in [-0.2, 0) is 4.79 Å². The predicted octanol–water partition coefficient (Wildman–Crippen LogP) is 1.77. The fraction of sp³-hybridized carbons (Fsp3) is 0.909. The van der Waals surface area contributed by atoms with Crippen molar-refractivity contribution in [3.63, 3.8) is 0 Å². The molecule has 1 aliphatic carbocycles. The van der Waals surface area contributed by atoms with Crippen LogP contribution < -0.4 is 10.6 Å². The Labute approximate surface area is 108 Å².